The number of rotatable bonds is 2. The van der Waals surface area contributed by atoms with E-state index in [2.05, 4.69) is 0 Å². The summed E-state index contributed by atoms with van der Waals surface area (Å²) < 4.78 is 16.9. The summed E-state index contributed by atoms with van der Waals surface area (Å²) in [4.78, 5) is 11.8. The summed E-state index contributed by atoms with van der Waals surface area (Å²) in [7, 11) is 1.33. The highest BCUT2D eigenvalue weighted by molar-refractivity contribution is 6.32. The van der Waals surface area contributed by atoms with Gasteiger partial charge in [0.15, 0.2) is 11.5 Å². The Morgan fingerprint density at radius 1 is 1.41 bits per heavy atom. The van der Waals surface area contributed by atoms with Crippen molar-refractivity contribution in [2.45, 2.75) is 38.4 Å². The van der Waals surface area contributed by atoms with Crippen LogP contribution in [0.15, 0.2) is 6.07 Å². The van der Waals surface area contributed by atoms with Crippen LogP contribution in [0.2, 0.25) is 5.02 Å². The molecule has 0 amide bonds. The summed E-state index contributed by atoms with van der Waals surface area (Å²) >= 11 is 6.25. The minimum Gasteiger partial charge on any atom is -0.465 e. The lowest BCUT2D eigenvalue weighted by Gasteiger charge is -2.34. The number of fused-ring (bicyclic) bond motifs is 1. The van der Waals surface area contributed by atoms with E-state index in [9.17, 15) is 9.90 Å². The van der Waals surface area contributed by atoms with Crippen molar-refractivity contribution in [1.29, 1.82) is 0 Å². The molecule has 5 nitrogen and oxygen atoms in total. The van der Waals surface area contributed by atoms with Crippen LogP contribution in [0.4, 0.5) is 0 Å². The van der Waals surface area contributed by atoms with Crippen LogP contribution in [0.25, 0.3) is 0 Å². The number of carbonyl (C=O) groups is 1. The summed E-state index contributed by atoms with van der Waals surface area (Å²) in [6.45, 7) is 1.98. The fraction of sp³-hybridized carbons (Fsp3) is 0.562. The van der Waals surface area contributed by atoms with E-state index in [4.69, 9.17) is 25.8 Å². The smallest absolute Gasteiger partial charge is 0.338 e. The van der Waals surface area contributed by atoms with E-state index >= 15 is 0 Å². The van der Waals surface area contributed by atoms with Gasteiger partial charge in [0.2, 0.25) is 0 Å². The third kappa shape index (κ3) is 2.42. The van der Waals surface area contributed by atoms with Gasteiger partial charge < -0.3 is 19.3 Å². The summed E-state index contributed by atoms with van der Waals surface area (Å²) in [5.41, 5.74) is 1.06. The lowest BCUT2D eigenvalue weighted by molar-refractivity contribution is -0.116. The Hall–Kier alpha value is -1.46. The minimum absolute atomic E-state index is 0.190. The average molecular weight is 327 g/mol. The molecule has 0 saturated heterocycles. The first-order valence-corrected chi connectivity index (χ1v) is 7.78. The van der Waals surface area contributed by atoms with E-state index in [0.29, 0.717) is 46.4 Å². The number of aliphatic hydroxyl groups excluding tert-OH is 1. The van der Waals surface area contributed by atoms with Gasteiger partial charge in [0.25, 0.3) is 5.79 Å². The predicted octanol–water partition coefficient (Wildman–Crippen LogP) is 3.09. The number of hydrogen-bond acceptors (Lipinski definition) is 5. The van der Waals surface area contributed by atoms with Crippen molar-refractivity contribution >= 4 is 17.6 Å². The Bertz CT molecular complexity index is 605. The Labute approximate surface area is 134 Å². The molecule has 3 rings (SSSR count). The van der Waals surface area contributed by atoms with Gasteiger partial charge in [0, 0.05) is 25.0 Å². The van der Waals surface area contributed by atoms with Crippen LogP contribution in [0.1, 0.15) is 41.6 Å². The third-order valence-electron chi connectivity index (χ3n) is 4.55. The maximum Gasteiger partial charge on any atom is 0.338 e. The summed E-state index contributed by atoms with van der Waals surface area (Å²) in [6.07, 6.45) is 3.06. The maximum atomic E-state index is 11.8. The normalized spacial score (nSPS) is 26.3. The van der Waals surface area contributed by atoms with Crippen LogP contribution in [-0.4, -0.2) is 30.6 Å². The van der Waals surface area contributed by atoms with E-state index in [1.807, 2.05) is 0 Å². The number of carbonyl (C=O) groups excluding carboxylic acids is 1. The van der Waals surface area contributed by atoms with Crippen molar-refractivity contribution in [3.05, 3.63) is 22.2 Å². The zero-order valence-corrected chi connectivity index (χ0v) is 13.4. The van der Waals surface area contributed by atoms with E-state index in [-0.39, 0.29) is 6.61 Å². The number of esters is 1. The van der Waals surface area contributed by atoms with Gasteiger partial charge >= 0.3 is 5.97 Å². The van der Waals surface area contributed by atoms with E-state index in [1.54, 1.807) is 13.0 Å². The molecule has 0 atom stereocenters. The first-order chi connectivity index (χ1) is 10.5. The first kappa shape index (κ1) is 15.4. The molecule has 120 valence electrons. The predicted molar refractivity (Wildman–Crippen MR) is 80.6 cm³/mol. The van der Waals surface area contributed by atoms with Crippen molar-refractivity contribution in [2.75, 3.05) is 13.7 Å². The Morgan fingerprint density at radius 3 is 2.64 bits per heavy atom. The van der Waals surface area contributed by atoms with Gasteiger partial charge in [0.1, 0.15) is 0 Å². The van der Waals surface area contributed by atoms with Crippen molar-refractivity contribution < 1.29 is 24.1 Å². The maximum absolute atomic E-state index is 11.8. The molecule has 6 heteroatoms. The highest BCUT2D eigenvalue weighted by atomic mass is 35.5. The number of benzene rings is 1. The van der Waals surface area contributed by atoms with Gasteiger partial charge in [0.05, 0.1) is 17.7 Å². The molecule has 1 heterocycles. The van der Waals surface area contributed by atoms with Gasteiger partial charge in [-0.1, -0.05) is 11.6 Å². The standard InChI is InChI=1S/C16H19ClO5/c1-9-11(15(19)20-2)7-12(17)14-13(9)21-16(22-14)5-3-10(8-18)4-6-16/h7,10,18H,3-6,8H2,1-2H3. The average Bonchev–Trinajstić information content (AvgIpc) is 2.91. The molecule has 0 bridgehead atoms. The zero-order chi connectivity index (χ0) is 15.9. The molecule has 2 aliphatic rings. The second kappa shape index (κ2) is 5.63. The van der Waals surface area contributed by atoms with Crippen LogP contribution >= 0.6 is 11.6 Å². The molecule has 1 fully saturated rings. The van der Waals surface area contributed by atoms with E-state index in [1.165, 1.54) is 7.11 Å². The fourth-order valence-corrected chi connectivity index (χ4v) is 3.37. The molecule has 0 aromatic heterocycles. The molecule has 1 aliphatic carbocycles. The largest absolute Gasteiger partial charge is 0.465 e. The van der Waals surface area contributed by atoms with E-state index in [0.717, 1.165) is 12.8 Å². The zero-order valence-electron chi connectivity index (χ0n) is 12.6. The van der Waals surface area contributed by atoms with Gasteiger partial charge in [-0.15, -0.1) is 0 Å². The molecular formula is C16H19ClO5. The van der Waals surface area contributed by atoms with Crippen LogP contribution in [0, 0.1) is 12.8 Å². The minimum atomic E-state index is -0.725. The van der Waals surface area contributed by atoms with Crippen LogP contribution in [0.5, 0.6) is 11.5 Å². The van der Waals surface area contributed by atoms with Crippen molar-refractivity contribution in [3.8, 4) is 11.5 Å². The molecule has 0 radical (unpaired) electrons. The summed E-state index contributed by atoms with van der Waals surface area (Å²) in [6, 6.07) is 1.56. The summed E-state index contributed by atoms with van der Waals surface area (Å²) in [5, 5.41) is 9.60. The van der Waals surface area contributed by atoms with Crippen LogP contribution < -0.4 is 9.47 Å². The SMILES string of the molecule is COC(=O)c1cc(Cl)c2c(c1C)OC1(CCC(CO)CC1)O2. The number of ether oxygens (including phenoxy) is 3. The van der Waals surface area contributed by atoms with Gasteiger partial charge in [-0.3, -0.25) is 0 Å². The second-order valence-corrected chi connectivity index (χ2v) is 6.33. The first-order valence-electron chi connectivity index (χ1n) is 7.40. The van der Waals surface area contributed by atoms with Gasteiger partial charge in [-0.25, -0.2) is 4.79 Å². The van der Waals surface area contributed by atoms with E-state index < -0.39 is 11.8 Å². The topological polar surface area (TPSA) is 65.0 Å². The Morgan fingerprint density at radius 2 is 2.05 bits per heavy atom. The molecule has 1 aromatic carbocycles. The number of hydrogen-bond donors (Lipinski definition) is 1. The summed E-state index contributed by atoms with van der Waals surface area (Å²) in [5.74, 6) is 0.140. The van der Waals surface area contributed by atoms with Gasteiger partial charge in [-0.2, -0.15) is 0 Å². The molecule has 1 spiro atoms. The molecule has 1 aromatic rings. The lowest BCUT2D eigenvalue weighted by Crippen LogP contribution is -2.42. The Balaban J connectivity index is 1.92. The highest BCUT2D eigenvalue weighted by Crippen LogP contribution is 2.52. The van der Waals surface area contributed by atoms with Gasteiger partial charge in [-0.05, 0) is 31.7 Å². The third-order valence-corrected chi connectivity index (χ3v) is 4.83. The molecule has 22 heavy (non-hydrogen) atoms. The number of aliphatic hydroxyl groups is 1. The van der Waals surface area contributed by atoms with Crippen molar-refractivity contribution in [1.82, 2.24) is 0 Å². The molecule has 0 unspecified atom stereocenters. The fourth-order valence-electron chi connectivity index (χ4n) is 3.14. The number of methoxy groups -OCH3 is 1. The molecule has 1 aliphatic heterocycles. The van der Waals surface area contributed by atoms with Crippen LogP contribution in [-0.2, 0) is 4.74 Å². The molecular weight excluding hydrogens is 308 g/mol. The van der Waals surface area contributed by atoms with Crippen molar-refractivity contribution in [2.24, 2.45) is 5.92 Å². The second-order valence-electron chi connectivity index (χ2n) is 5.92. The highest BCUT2D eigenvalue weighted by Gasteiger charge is 2.46. The molecule has 1 N–H and O–H groups in total. The van der Waals surface area contributed by atoms with Crippen LogP contribution in [0.3, 0.4) is 0 Å². The lowest BCUT2D eigenvalue weighted by atomic mass is 9.85. The Kier molecular flexibility index (Phi) is 3.95. The quantitative estimate of drug-likeness (QED) is 0.846. The van der Waals surface area contributed by atoms with Crippen molar-refractivity contribution in [3.63, 3.8) is 0 Å². The number of halogens is 1. The monoisotopic (exact) mass is 326 g/mol. The molecule has 1 saturated carbocycles.